The molecular weight excluding hydrogens is 238 g/mol. The Bertz CT molecular complexity index is 439. The maximum atomic E-state index is 3.56. The van der Waals surface area contributed by atoms with Gasteiger partial charge in [0.1, 0.15) is 0 Å². The molecule has 2 aromatic rings. The van der Waals surface area contributed by atoms with Crippen molar-refractivity contribution < 1.29 is 0 Å². The molecular formula is C12H12BrN. The van der Waals surface area contributed by atoms with Crippen LogP contribution in [0.2, 0.25) is 0 Å². The van der Waals surface area contributed by atoms with Gasteiger partial charge in [-0.05, 0) is 29.4 Å². The number of halogens is 1. The lowest BCUT2D eigenvalue weighted by atomic mass is 10.1. The van der Waals surface area contributed by atoms with E-state index in [1.807, 2.05) is 7.05 Å². The SMILES string of the molecule is CNC(Br)c1ccc2ccccc2c1. The van der Waals surface area contributed by atoms with Gasteiger partial charge in [0.2, 0.25) is 0 Å². The van der Waals surface area contributed by atoms with Crippen LogP contribution >= 0.6 is 15.9 Å². The van der Waals surface area contributed by atoms with Gasteiger partial charge in [-0.25, -0.2) is 0 Å². The predicted octanol–water partition coefficient (Wildman–Crippen LogP) is 3.45. The summed E-state index contributed by atoms with van der Waals surface area (Å²) in [4.78, 5) is 0.229. The molecule has 0 aliphatic carbocycles. The lowest BCUT2D eigenvalue weighted by Crippen LogP contribution is -2.08. The molecule has 0 aliphatic rings. The average Bonchev–Trinajstić information content (AvgIpc) is 2.27. The number of benzene rings is 2. The van der Waals surface area contributed by atoms with Gasteiger partial charge in [-0.3, -0.25) is 0 Å². The van der Waals surface area contributed by atoms with E-state index in [1.54, 1.807) is 0 Å². The highest BCUT2D eigenvalue weighted by molar-refractivity contribution is 9.09. The van der Waals surface area contributed by atoms with Crippen molar-refractivity contribution in [3.8, 4) is 0 Å². The topological polar surface area (TPSA) is 12.0 Å². The third kappa shape index (κ3) is 1.81. The van der Waals surface area contributed by atoms with Crippen LogP contribution in [0.15, 0.2) is 42.5 Å². The summed E-state index contributed by atoms with van der Waals surface area (Å²) in [5.74, 6) is 0. The summed E-state index contributed by atoms with van der Waals surface area (Å²) in [6, 6.07) is 14.9. The Labute approximate surface area is 92.3 Å². The third-order valence-corrected chi connectivity index (χ3v) is 3.31. The van der Waals surface area contributed by atoms with Gasteiger partial charge in [-0.2, -0.15) is 0 Å². The van der Waals surface area contributed by atoms with E-state index in [9.17, 15) is 0 Å². The van der Waals surface area contributed by atoms with E-state index in [-0.39, 0.29) is 4.95 Å². The van der Waals surface area contributed by atoms with Crippen molar-refractivity contribution in [2.24, 2.45) is 0 Å². The highest BCUT2D eigenvalue weighted by Gasteiger charge is 2.03. The molecule has 1 atom stereocenters. The standard InChI is InChI=1S/C12H12BrN/c1-14-12(13)11-7-6-9-4-2-3-5-10(9)8-11/h2-8,12,14H,1H3. The summed E-state index contributed by atoms with van der Waals surface area (Å²) in [5.41, 5.74) is 1.26. The Hall–Kier alpha value is -0.860. The largest absolute Gasteiger partial charge is 0.304 e. The van der Waals surface area contributed by atoms with Crippen molar-refractivity contribution in [1.82, 2.24) is 5.32 Å². The van der Waals surface area contributed by atoms with Crippen LogP contribution in [0.3, 0.4) is 0 Å². The van der Waals surface area contributed by atoms with Crippen molar-refractivity contribution in [2.45, 2.75) is 4.95 Å². The third-order valence-electron chi connectivity index (χ3n) is 2.32. The number of hydrogen-bond donors (Lipinski definition) is 1. The fourth-order valence-electron chi connectivity index (χ4n) is 1.53. The van der Waals surface area contributed by atoms with E-state index in [0.29, 0.717) is 0 Å². The molecule has 0 radical (unpaired) electrons. The first-order chi connectivity index (χ1) is 6.81. The molecule has 0 bridgehead atoms. The number of alkyl halides is 1. The molecule has 1 unspecified atom stereocenters. The summed E-state index contributed by atoms with van der Waals surface area (Å²) >= 11 is 3.56. The van der Waals surface area contributed by atoms with Gasteiger partial charge < -0.3 is 5.32 Å². The van der Waals surface area contributed by atoms with Crippen molar-refractivity contribution >= 4 is 26.7 Å². The lowest BCUT2D eigenvalue weighted by Gasteiger charge is -2.09. The molecule has 72 valence electrons. The second-order valence-electron chi connectivity index (χ2n) is 3.26. The average molecular weight is 250 g/mol. The van der Waals surface area contributed by atoms with Crippen LogP contribution in [0, 0.1) is 0 Å². The van der Waals surface area contributed by atoms with E-state index < -0.39 is 0 Å². The van der Waals surface area contributed by atoms with Gasteiger partial charge in [0, 0.05) is 0 Å². The van der Waals surface area contributed by atoms with Crippen LogP contribution in [0.25, 0.3) is 10.8 Å². The monoisotopic (exact) mass is 249 g/mol. The lowest BCUT2D eigenvalue weighted by molar-refractivity contribution is 0.809. The van der Waals surface area contributed by atoms with E-state index >= 15 is 0 Å². The summed E-state index contributed by atoms with van der Waals surface area (Å²) in [6.07, 6.45) is 0. The van der Waals surface area contributed by atoms with E-state index in [1.165, 1.54) is 16.3 Å². The highest BCUT2D eigenvalue weighted by atomic mass is 79.9. The maximum absolute atomic E-state index is 3.56. The zero-order chi connectivity index (χ0) is 9.97. The summed E-state index contributed by atoms with van der Waals surface area (Å²) in [7, 11) is 1.94. The molecule has 2 heteroatoms. The smallest absolute Gasteiger partial charge is 0.0884 e. The molecule has 1 N–H and O–H groups in total. The Morgan fingerprint density at radius 1 is 1.07 bits per heavy atom. The first kappa shape index (κ1) is 9.69. The van der Waals surface area contributed by atoms with Crippen molar-refractivity contribution in [3.05, 3.63) is 48.0 Å². The molecule has 0 saturated heterocycles. The van der Waals surface area contributed by atoms with Crippen LogP contribution in [0.1, 0.15) is 10.5 Å². The fraction of sp³-hybridized carbons (Fsp3) is 0.167. The molecule has 1 nitrogen and oxygen atoms in total. The zero-order valence-electron chi connectivity index (χ0n) is 8.00. The molecule has 0 aromatic heterocycles. The number of rotatable bonds is 2. The fourth-order valence-corrected chi connectivity index (χ4v) is 1.82. The van der Waals surface area contributed by atoms with E-state index in [0.717, 1.165) is 0 Å². The quantitative estimate of drug-likeness (QED) is 0.635. The highest BCUT2D eigenvalue weighted by Crippen LogP contribution is 2.23. The zero-order valence-corrected chi connectivity index (χ0v) is 9.58. The van der Waals surface area contributed by atoms with Gasteiger partial charge in [0.15, 0.2) is 0 Å². The number of nitrogens with one attached hydrogen (secondary N) is 1. The Morgan fingerprint density at radius 2 is 1.79 bits per heavy atom. The van der Waals surface area contributed by atoms with Crippen molar-refractivity contribution in [1.29, 1.82) is 0 Å². The van der Waals surface area contributed by atoms with Gasteiger partial charge in [0.05, 0.1) is 4.95 Å². The molecule has 0 amide bonds. The minimum Gasteiger partial charge on any atom is -0.304 e. The minimum absolute atomic E-state index is 0.229. The Kier molecular flexibility index (Phi) is 2.85. The summed E-state index contributed by atoms with van der Waals surface area (Å²) in [6.45, 7) is 0. The van der Waals surface area contributed by atoms with Gasteiger partial charge >= 0.3 is 0 Å². The number of fused-ring (bicyclic) bond motifs is 1. The molecule has 0 saturated carbocycles. The van der Waals surface area contributed by atoms with E-state index in [4.69, 9.17) is 0 Å². The molecule has 2 rings (SSSR count). The number of hydrogen-bond acceptors (Lipinski definition) is 1. The summed E-state index contributed by atoms with van der Waals surface area (Å²) < 4.78 is 0. The minimum atomic E-state index is 0.229. The van der Waals surface area contributed by atoms with Crippen molar-refractivity contribution in [2.75, 3.05) is 7.05 Å². The van der Waals surface area contributed by atoms with Crippen LogP contribution < -0.4 is 5.32 Å². The summed E-state index contributed by atoms with van der Waals surface area (Å²) in [5, 5.41) is 5.73. The second kappa shape index (κ2) is 4.11. The van der Waals surface area contributed by atoms with Gasteiger partial charge in [-0.1, -0.05) is 52.3 Å². The molecule has 0 fully saturated rings. The molecule has 2 aromatic carbocycles. The maximum Gasteiger partial charge on any atom is 0.0884 e. The molecule has 0 spiro atoms. The Balaban J connectivity index is 2.51. The van der Waals surface area contributed by atoms with Gasteiger partial charge in [0.25, 0.3) is 0 Å². The molecule has 14 heavy (non-hydrogen) atoms. The van der Waals surface area contributed by atoms with Crippen molar-refractivity contribution in [3.63, 3.8) is 0 Å². The van der Waals surface area contributed by atoms with Crippen LogP contribution in [0.5, 0.6) is 0 Å². The normalized spacial score (nSPS) is 13.0. The van der Waals surface area contributed by atoms with Crippen LogP contribution in [0.4, 0.5) is 0 Å². The van der Waals surface area contributed by atoms with Crippen LogP contribution in [-0.4, -0.2) is 7.05 Å². The first-order valence-corrected chi connectivity index (χ1v) is 5.53. The second-order valence-corrected chi connectivity index (χ2v) is 4.17. The van der Waals surface area contributed by atoms with Gasteiger partial charge in [-0.15, -0.1) is 0 Å². The van der Waals surface area contributed by atoms with Crippen LogP contribution in [-0.2, 0) is 0 Å². The molecule has 0 aliphatic heterocycles. The predicted molar refractivity (Wildman–Crippen MR) is 64.7 cm³/mol. The van der Waals surface area contributed by atoms with E-state index in [2.05, 4.69) is 63.7 Å². The first-order valence-electron chi connectivity index (χ1n) is 4.61. The molecule has 0 heterocycles. The Morgan fingerprint density at radius 3 is 2.50 bits per heavy atom.